The summed E-state index contributed by atoms with van der Waals surface area (Å²) < 4.78 is 0. The van der Waals surface area contributed by atoms with Crippen LogP contribution in [0.1, 0.15) is 25.7 Å². The fraction of sp³-hybridized carbons (Fsp3) is 0.769. The van der Waals surface area contributed by atoms with Gasteiger partial charge >= 0.3 is 12.0 Å². The van der Waals surface area contributed by atoms with Gasteiger partial charge in [0.2, 0.25) is 5.91 Å². The molecule has 0 aromatic heterocycles. The van der Waals surface area contributed by atoms with Crippen molar-refractivity contribution in [1.82, 2.24) is 9.80 Å². The van der Waals surface area contributed by atoms with E-state index in [-0.39, 0.29) is 24.4 Å². The van der Waals surface area contributed by atoms with Crippen LogP contribution in [0.25, 0.3) is 0 Å². The largest absolute Gasteiger partial charge is 0.481 e. The second kappa shape index (κ2) is 6.11. The summed E-state index contributed by atoms with van der Waals surface area (Å²) in [6.07, 6.45) is 2.80. The molecule has 20 heavy (non-hydrogen) atoms. The molecule has 0 aromatic rings. The van der Waals surface area contributed by atoms with Gasteiger partial charge in [-0.15, -0.1) is 0 Å². The van der Waals surface area contributed by atoms with Crippen LogP contribution >= 0.6 is 0 Å². The standard InChI is InChI=1S/C13H21N3O4/c14-11(17)9-3-1-5-15(7-9)13(20)16-6-2-4-10(8-16)12(18)19/h9-10H,1-8H2,(H2,14,17)(H,18,19)/t9?,10-/m0/s1. The van der Waals surface area contributed by atoms with E-state index in [0.29, 0.717) is 32.5 Å². The van der Waals surface area contributed by atoms with Gasteiger partial charge in [0.05, 0.1) is 11.8 Å². The van der Waals surface area contributed by atoms with Gasteiger partial charge in [0.25, 0.3) is 0 Å². The minimum absolute atomic E-state index is 0.165. The first-order valence-corrected chi connectivity index (χ1v) is 7.05. The van der Waals surface area contributed by atoms with Crippen LogP contribution in [0.3, 0.4) is 0 Å². The number of amides is 3. The average Bonchev–Trinajstić information content (AvgIpc) is 2.46. The molecular formula is C13H21N3O4. The van der Waals surface area contributed by atoms with Crippen LogP contribution in [0.4, 0.5) is 4.79 Å². The van der Waals surface area contributed by atoms with Gasteiger partial charge in [0, 0.05) is 26.2 Å². The van der Waals surface area contributed by atoms with E-state index in [0.717, 1.165) is 12.8 Å². The fourth-order valence-corrected chi connectivity index (χ4v) is 2.94. The maximum atomic E-state index is 12.4. The van der Waals surface area contributed by atoms with E-state index in [2.05, 4.69) is 0 Å². The third-order valence-electron chi connectivity index (χ3n) is 4.14. The molecule has 0 spiro atoms. The summed E-state index contributed by atoms with van der Waals surface area (Å²) in [5, 5.41) is 9.05. The van der Waals surface area contributed by atoms with Gasteiger partial charge in [-0.05, 0) is 25.7 Å². The number of aliphatic carboxylic acids is 1. The summed E-state index contributed by atoms with van der Waals surface area (Å²) in [5.41, 5.74) is 5.30. The first-order chi connectivity index (χ1) is 9.49. The molecule has 3 N–H and O–H groups in total. The third kappa shape index (κ3) is 3.20. The Morgan fingerprint density at radius 1 is 0.950 bits per heavy atom. The Kier molecular flexibility index (Phi) is 4.46. The molecular weight excluding hydrogens is 262 g/mol. The van der Waals surface area contributed by atoms with Crippen molar-refractivity contribution in [2.24, 2.45) is 17.6 Å². The van der Waals surface area contributed by atoms with E-state index < -0.39 is 11.9 Å². The Morgan fingerprint density at radius 2 is 1.45 bits per heavy atom. The molecule has 2 saturated heterocycles. The predicted octanol–water partition coefficient (Wildman–Crippen LogP) is 0.100. The lowest BCUT2D eigenvalue weighted by atomic mass is 9.96. The Balaban J connectivity index is 1.96. The molecule has 0 radical (unpaired) electrons. The van der Waals surface area contributed by atoms with Gasteiger partial charge in [-0.1, -0.05) is 0 Å². The highest BCUT2D eigenvalue weighted by atomic mass is 16.4. The summed E-state index contributed by atoms with van der Waals surface area (Å²) in [5.74, 6) is -1.99. The Bertz CT molecular complexity index is 376. The van der Waals surface area contributed by atoms with Crippen LogP contribution in [0.15, 0.2) is 0 Å². The summed E-state index contributed by atoms with van der Waals surface area (Å²) in [6, 6.07) is -0.165. The van der Waals surface area contributed by atoms with Gasteiger partial charge < -0.3 is 20.6 Å². The van der Waals surface area contributed by atoms with Crippen LogP contribution in [0.5, 0.6) is 0 Å². The molecule has 0 saturated carbocycles. The van der Waals surface area contributed by atoms with Crippen LogP contribution in [0.2, 0.25) is 0 Å². The van der Waals surface area contributed by atoms with Crippen molar-refractivity contribution in [2.75, 3.05) is 26.2 Å². The van der Waals surface area contributed by atoms with Gasteiger partial charge in [0.1, 0.15) is 0 Å². The number of urea groups is 1. The first-order valence-electron chi connectivity index (χ1n) is 7.05. The number of carbonyl (C=O) groups excluding carboxylic acids is 2. The van der Waals surface area contributed by atoms with Crippen molar-refractivity contribution in [3.05, 3.63) is 0 Å². The van der Waals surface area contributed by atoms with E-state index >= 15 is 0 Å². The second-order valence-electron chi connectivity index (χ2n) is 5.59. The number of hydrogen-bond donors (Lipinski definition) is 2. The van der Waals surface area contributed by atoms with Crippen molar-refractivity contribution < 1.29 is 19.5 Å². The summed E-state index contributed by atoms with van der Waals surface area (Å²) in [7, 11) is 0. The molecule has 3 amide bonds. The molecule has 2 heterocycles. The van der Waals surface area contributed by atoms with Crippen molar-refractivity contribution in [3.63, 3.8) is 0 Å². The fourth-order valence-electron chi connectivity index (χ4n) is 2.94. The molecule has 2 aliphatic rings. The van der Waals surface area contributed by atoms with Crippen molar-refractivity contribution >= 4 is 17.9 Å². The number of piperidine rings is 2. The Hall–Kier alpha value is -1.79. The van der Waals surface area contributed by atoms with Crippen LogP contribution in [-0.4, -0.2) is 59.0 Å². The van der Waals surface area contributed by atoms with E-state index in [1.807, 2.05) is 0 Å². The monoisotopic (exact) mass is 283 g/mol. The topological polar surface area (TPSA) is 104 Å². The number of nitrogens with zero attached hydrogens (tertiary/aromatic N) is 2. The number of rotatable bonds is 2. The third-order valence-corrected chi connectivity index (χ3v) is 4.14. The zero-order valence-electron chi connectivity index (χ0n) is 11.5. The minimum Gasteiger partial charge on any atom is -0.481 e. The zero-order chi connectivity index (χ0) is 14.7. The van der Waals surface area contributed by atoms with Crippen LogP contribution in [0, 0.1) is 11.8 Å². The van der Waals surface area contributed by atoms with E-state index in [1.165, 1.54) is 0 Å². The van der Waals surface area contributed by atoms with Gasteiger partial charge in [-0.25, -0.2) is 4.79 Å². The lowest BCUT2D eigenvalue weighted by Gasteiger charge is -2.38. The average molecular weight is 283 g/mol. The number of carboxylic acid groups (broad SMARTS) is 1. The van der Waals surface area contributed by atoms with Gasteiger partial charge in [0.15, 0.2) is 0 Å². The normalized spacial score (nSPS) is 27.2. The summed E-state index contributed by atoms with van der Waals surface area (Å²) in [6.45, 7) is 1.80. The molecule has 2 atom stereocenters. The minimum atomic E-state index is -0.851. The van der Waals surface area contributed by atoms with Crippen molar-refractivity contribution in [3.8, 4) is 0 Å². The first kappa shape index (κ1) is 14.6. The smallest absolute Gasteiger partial charge is 0.320 e. The lowest BCUT2D eigenvalue weighted by Crippen LogP contribution is -2.52. The maximum Gasteiger partial charge on any atom is 0.320 e. The highest BCUT2D eigenvalue weighted by molar-refractivity contribution is 5.80. The van der Waals surface area contributed by atoms with Crippen molar-refractivity contribution in [2.45, 2.75) is 25.7 Å². The van der Waals surface area contributed by atoms with Gasteiger partial charge in [-0.2, -0.15) is 0 Å². The highest BCUT2D eigenvalue weighted by Gasteiger charge is 2.33. The predicted molar refractivity (Wildman–Crippen MR) is 70.8 cm³/mol. The number of hydrogen-bond acceptors (Lipinski definition) is 3. The number of primary amides is 1. The SMILES string of the molecule is NC(=O)C1CCCN(C(=O)N2CCC[C@H](C(=O)O)C2)C1. The lowest BCUT2D eigenvalue weighted by molar-refractivity contribution is -0.143. The summed E-state index contributed by atoms with van der Waals surface area (Å²) in [4.78, 5) is 37.9. The molecule has 2 aliphatic heterocycles. The van der Waals surface area contributed by atoms with E-state index in [1.54, 1.807) is 9.80 Å². The molecule has 2 rings (SSSR count). The van der Waals surface area contributed by atoms with Crippen LogP contribution < -0.4 is 5.73 Å². The number of likely N-dealkylation sites (tertiary alicyclic amines) is 2. The molecule has 2 fully saturated rings. The van der Waals surface area contributed by atoms with E-state index in [4.69, 9.17) is 10.8 Å². The Morgan fingerprint density at radius 3 is 1.95 bits per heavy atom. The molecule has 112 valence electrons. The number of carboxylic acids is 1. The molecule has 7 heteroatoms. The maximum absolute atomic E-state index is 12.4. The van der Waals surface area contributed by atoms with E-state index in [9.17, 15) is 14.4 Å². The van der Waals surface area contributed by atoms with Crippen molar-refractivity contribution in [1.29, 1.82) is 0 Å². The molecule has 0 aliphatic carbocycles. The van der Waals surface area contributed by atoms with Crippen LogP contribution in [-0.2, 0) is 9.59 Å². The Labute approximate surface area is 117 Å². The number of nitrogens with two attached hydrogens (primary N) is 1. The highest BCUT2D eigenvalue weighted by Crippen LogP contribution is 2.21. The number of carbonyl (C=O) groups is 3. The molecule has 0 aromatic carbocycles. The summed E-state index contributed by atoms with van der Waals surface area (Å²) >= 11 is 0. The molecule has 1 unspecified atom stereocenters. The van der Waals surface area contributed by atoms with Gasteiger partial charge in [-0.3, -0.25) is 9.59 Å². The zero-order valence-corrected chi connectivity index (χ0v) is 11.5. The molecule has 0 bridgehead atoms. The second-order valence-corrected chi connectivity index (χ2v) is 5.59. The molecule has 7 nitrogen and oxygen atoms in total. The quantitative estimate of drug-likeness (QED) is 0.750.